The second-order valence-electron chi connectivity index (χ2n) is 12.0. The molecule has 2 aromatic carbocycles. The van der Waals surface area contributed by atoms with Gasteiger partial charge in [-0.2, -0.15) is 0 Å². The molecule has 34 heavy (non-hydrogen) atoms. The molecule has 0 saturated heterocycles. The molecule has 184 valence electrons. The Morgan fingerprint density at radius 2 is 1.09 bits per heavy atom. The van der Waals surface area contributed by atoms with E-state index in [1.165, 1.54) is 10.4 Å². The van der Waals surface area contributed by atoms with Crippen LogP contribution in [0.4, 0.5) is 0 Å². The van der Waals surface area contributed by atoms with E-state index in [0.29, 0.717) is 11.5 Å². The van der Waals surface area contributed by atoms with Crippen molar-refractivity contribution in [3.63, 3.8) is 0 Å². The molecule has 4 nitrogen and oxygen atoms in total. The summed E-state index contributed by atoms with van der Waals surface area (Å²) < 4.78 is 0. The molecule has 3 rings (SSSR count). The molecule has 1 aliphatic carbocycles. The summed E-state index contributed by atoms with van der Waals surface area (Å²) in [7, 11) is -2.95. The number of hydrogen-bond acceptors (Lipinski definition) is 4. The van der Waals surface area contributed by atoms with Gasteiger partial charge in [-0.05, 0) is 50.7 Å². The second-order valence-corrected chi connectivity index (χ2v) is 22.1. The van der Waals surface area contributed by atoms with Crippen LogP contribution < -0.4 is 10.4 Å². The SMILES string of the molecule is Cc1cc([Si](C)(C)C)cc(C=NC2CCCC(N=Cc3cc([Si](C)(C)C)cc(C)c3O)C2)c1O. The molecule has 2 unspecified atom stereocenters. The number of aliphatic imine (C=N–C) groups is 2. The third-order valence-electron chi connectivity index (χ3n) is 6.86. The van der Waals surface area contributed by atoms with Crippen molar-refractivity contribution < 1.29 is 10.2 Å². The molecule has 1 aliphatic rings. The molecular weight excluding hydrogens is 452 g/mol. The summed E-state index contributed by atoms with van der Waals surface area (Å²) in [5.41, 5.74) is 3.49. The summed E-state index contributed by atoms with van der Waals surface area (Å²) in [5.74, 6) is 0.675. The van der Waals surface area contributed by atoms with E-state index in [4.69, 9.17) is 9.98 Å². The van der Waals surface area contributed by atoms with Gasteiger partial charge in [0.25, 0.3) is 0 Å². The third-order valence-corrected chi connectivity index (χ3v) is 10.9. The van der Waals surface area contributed by atoms with Crippen molar-refractivity contribution in [3.8, 4) is 11.5 Å². The fourth-order valence-corrected chi connectivity index (χ4v) is 6.93. The van der Waals surface area contributed by atoms with Crippen LogP contribution in [0.1, 0.15) is 47.9 Å². The van der Waals surface area contributed by atoms with E-state index in [1.54, 1.807) is 0 Å². The molecule has 0 spiro atoms. The average molecular weight is 495 g/mol. The van der Waals surface area contributed by atoms with Crippen LogP contribution in [-0.2, 0) is 0 Å². The number of hydrogen-bond donors (Lipinski definition) is 2. The van der Waals surface area contributed by atoms with E-state index in [-0.39, 0.29) is 12.1 Å². The van der Waals surface area contributed by atoms with Gasteiger partial charge < -0.3 is 10.2 Å². The number of aryl methyl sites for hydroxylation is 2. The summed E-state index contributed by atoms with van der Waals surface area (Å²) in [5, 5.41) is 23.9. The van der Waals surface area contributed by atoms with Crippen LogP contribution in [0.25, 0.3) is 0 Å². The molecule has 0 aromatic heterocycles. The highest BCUT2D eigenvalue weighted by Crippen LogP contribution is 2.26. The number of aromatic hydroxyl groups is 2. The zero-order chi connectivity index (χ0) is 25.3. The van der Waals surface area contributed by atoms with Gasteiger partial charge in [0.15, 0.2) is 0 Å². The fraction of sp³-hybridized carbons (Fsp3) is 0.500. The Kier molecular flexibility index (Phi) is 7.93. The summed E-state index contributed by atoms with van der Waals surface area (Å²) in [6, 6.07) is 8.89. The molecule has 2 N–H and O–H groups in total. The van der Waals surface area contributed by atoms with Crippen LogP contribution in [-0.4, -0.2) is 50.9 Å². The summed E-state index contributed by atoms with van der Waals surface area (Å²) in [6.07, 6.45) is 7.82. The van der Waals surface area contributed by atoms with Crippen LogP contribution in [0.15, 0.2) is 34.3 Å². The predicted molar refractivity (Wildman–Crippen MR) is 153 cm³/mol. The van der Waals surface area contributed by atoms with Crippen LogP contribution in [0, 0.1) is 13.8 Å². The molecule has 0 heterocycles. The summed E-state index contributed by atoms with van der Waals surface area (Å²) >= 11 is 0. The lowest BCUT2D eigenvalue weighted by Crippen LogP contribution is -2.38. The Morgan fingerprint density at radius 1 is 0.706 bits per heavy atom. The molecule has 0 aliphatic heterocycles. The maximum Gasteiger partial charge on any atom is 0.127 e. The molecule has 2 aromatic rings. The molecule has 0 radical (unpaired) electrons. The molecular formula is C28H42N2O2Si2. The van der Waals surface area contributed by atoms with Gasteiger partial charge in [-0.3, -0.25) is 9.98 Å². The smallest absolute Gasteiger partial charge is 0.127 e. The van der Waals surface area contributed by atoms with Crippen molar-refractivity contribution in [2.75, 3.05) is 0 Å². The monoisotopic (exact) mass is 494 g/mol. The van der Waals surface area contributed by atoms with Gasteiger partial charge in [-0.15, -0.1) is 0 Å². The van der Waals surface area contributed by atoms with E-state index in [2.05, 4.69) is 63.5 Å². The van der Waals surface area contributed by atoms with Gasteiger partial charge in [-0.1, -0.05) is 73.9 Å². The first-order valence-electron chi connectivity index (χ1n) is 12.5. The van der Waals surface area contributed by atoms with Crippen LogP contribution in [0.5, 0.6) is 11.5 Å². The van der Waals surface area contributed by atoms with Crippen molar-refractivity contribution in [2.45, 2.75) is 90.9 Å². The maximum absolute atomic E-state index is 10.6. The zero-order valence-electron chi connectivity index (χ0n) is 22.2. The minimum Gasteiger partial charge on any atom is -0.507 e. The number of nitrogens with zero attached hydrogens (tertiary/aromatic N) is 2. The summed E-state index contributed by atoms with van der Waals surface area (Å²) in [6.45, 7) is 17.9. The lowest BCUT2D eigenvalue weighted by molar-refractivity contribution is 0.397. The topological polar surface area (TPSA) is 65.2 Å². The Bertz CT molecular complexity index is 1010. The molecule has 6 heteroatoms. The molecule has 1 saturated carbocycles. The normalized spacial score (nSPS) is 19.9. The van der Waals surface area contributed by atoms with Crippen LogP contribution in [0.2, 0.25) is 39.3 Å². The summed E-state index contributed by atoms with van der Waals surface area (Å²) in [4.78, 5) is 9.75. The first-order chi connectivity index (χ1) is 15.8. The average Bonchev–Trinajstić information content (AvgIpc) is 2.74. The van der Waals surface area contributed by atoms with Crippen LogP contribution in [0.3, 0.4) is 0 Å². The fourth-order valence-electron chi connectivity index (χ4n) is 4.46. The number of phenolic OH excluding ortho intramolecular Hbond substituents is 2. The quantitative estimate of drug-likeness (QED) is 0.402. The van der Waals surface area contributed by atoms with E-state index in [1.807, 2.05) is 26.3 Å². The highest BCUT2D eigenvalue weighted by molar-refractivity contribution is 6.89. The standard InChI is InChI=1S/C28H42N2O2Si2/c1-19-12-25(33(3,4)5)14-21(27(19)31)17-29-23-10-9-11-24(16-23)30-18-22-15-26(34(6,7)8)13-20(2)28(22)32/h12-15,17-18,23-24,31-32H,9-11,16H2,1-8H3. The van der Waals surface area contributed by atoms with Crippen molar-refractivity contribution in [2.24, 2.45) is 9.98 Å². The van der Waals surface area contributed by atoms with Gasteiger partial charge in [0.05, 0.1) is 28.2 Å². The minimum absolute atomic E-state index is 0.204. The largest absolute Gasteiger partial charge is 0.507 e. The third kappa shape index (κ3) is 6.48. The highest BCUT2D eigenvalue weighted by atomic mass is 28.3. The lowest BCUT2D eigenvalue weighted by Gasteiger charge is -2.24. The van der Waals surface area contributed by atoms with Crippen molar-refractivity contribution in [1.82, 2.24) is 0 Å². The lowest BCUT2D eigenvalue weighted by atomic mass is 9.91. The number of phenols is 2. The maximum atomic E-state index is 10.6. The van der Waals surface area contributed by atoms with E-state index >= 15 is 0 Å². The molecule has 1 fully saturated rings. The van der Waals surface area contributed by atoms with Gasteiger partial charge in [0.1, 0.15) is 11.5 Å². The highest BCUT2D eigenvalue weighted by Gasteiger charge is 2.23. The van der Waals surface area contributed by atoms with E-state index in [9.17, 15) is 10.2 Å². The van der Waals surface area contributed by atoms with Crippen LogP contribution >= 0.6 is 0 Å². The molecule has 2 atom stereocenters. The van der Waals surface area contributed by atoms with Gasteiger partial charge >= 0.3 is 0 Å². The first kappa shape index (κ1) is 26.4. The second kappa shape index (κ2) is 10.2. The van der Waals surface area contributed by atoms with E-state index in [0.717, 1.165) is 47.9 Å². The van der Waals surface area contributed by atoms with Crippen molar-refractivity contribution in [1.29, 1.82) is 0 Å². The van der Waals surface area contributed by atoms with Gasteiger partial charge in [-0.25, -0.2) is 0 Å². The molecule has 0 bridgehead atoms. The van der Waals surface area contributed by atoms with Crippen molar-refractivity contribution >= 4 is 39.0 Å². The Morgan fingerprint density at radius 3 is 1.44 bits per heavy atom. The van der Waals surface area contributed by atoms with E-state index < -0.39 is 16.1 Å². The zero-order valence-corrected chi connectivity index (χ0v) is 24.2. The number of benzene rings is 2. The van der Waals surface area contributed by atoms with Gasteiger partial charge in [0, 0.05) is 23.6 Å². The Balaban J connectivity index is 1.76. The first-order valence-corrected chi connectivity index (χ1v) is 19.5. The Hall–Kier alpha value is -2.19. The predicted octanol–water partition coefficient (Wildman–Crippen LogP) is 5.65. The molecule has 0 amide bonds. The van der Waals surface area contributed by atoms with Gasteiger partial charge in [0.2, 0.25) is 0 Å². The van der Waals surface area contributed by atoms with Crippen molar-refractivity contribution in [3.05, 3.63) is 46.5 Å². The number of rotatable bonds is 6. The minimum atomic E-state index is -1.48. The Labute approximate surface area is 207 Å².